The number of nitrogens with zero attached hydrogens (tertiary/aromatic N) is 1. The Bertz CT molecular complexity index is 225. The van der Waals surface area contributed by atoms with E-state index in [9.17, 15) is 9.59 Å². The maximum absolute atomic E-state index is 11.0. The van der Waals surface area contributed by atoms with Gasteiger partial charge in [-0.25, -0.2) is 0 Å². The molecule has 2 aliphatic rings. The number of carbonyl (C=O) groups excluding carboxylic acids is 2. The van der Waals surface area contributed by atoms with Gasteiger partial charge in [-0.05, 0) is 11.9 Å². The second-order valence-corrected chi connectivity index (χ2v) is 3.86. The zero-order valence-electron chi connectivity index (χ0n) is 6.58. The predicted molar refractivity (Wildman–Crippen MR) is 45.3 cm³/mol. The Morgan fingerprint density at radius 2 is 2.33 bits per heavy atom. The highest BCUT2D eigenvalue weighted by molar-refractivity contribution is 7.97. The van der Waals surface area contributed by atoms with E-state index in [1.807, 2.05) is 0 Å². The van der Waals surface area contributed by atoms with Gasteiger partial charge in [0.2, 0.25) is 11.8 Å². The maximum atomic E-state index is 11.0. The Morgan fingerprint density at radius 3 is 3.08 bits per heavy atom. The van der Waals surface area contributed by atoms with E-state index in [-0.39, 0.29) is 11.8 Å². The third kappa shape index (κ3) is 1.29. The van der Waals surface area contributed by atoms with Gasteiger partial charge < -0.3 is 9.62 Å². The lowest BCUT2D eigenvalue weighted by atomic mass is 10.0. The van der Waals surface area contributed by atoms with E-state index in [0.29, 0.717) is 25.4 Å². The van der Waals surface area contributed by atoms with Crippen LogP contribution >= 0.6 is 11.9 Å². The van der Waals surface area contributed by atoms with Gasteiger partial charge in [0.25, 0.3) is 0 Å². The van der Waals surface area contributed by atoms with Gasteiger partial charge in [0.05, 0.1) is 6.04 Å². The number of nitrogens with one attached hydrogen (secondary N) is 1. The van der Waals surface area contributed by atoms with Crippen LogP contribution in [0.3, 0.4) is 0 Å². The predicted octanol–water partition coefficient (Wildman–Crippen LogP) is -0.245. The quantitative estimate of drug-likeness (QED) is 0.419. The average Bonchev–Trinajstić information content (AvgIpc) is 2.00. The first-order valence-electron chi connectivity index (χ1n) is 3.97. The van der Waals surface area contributed by atoms with Crippen molar-refractivity contribution in [3.63, 3.8) is 0 Å². The van der Waals surface area contributed by atoms with E-state index in [0.717, 1.165) is 5.75 Å². The highest BCUT2D eigenvalue weighted by Crippen LogP contribution is 2.23. The summed E-state index contributed by atoms with van der Waals surface area (Å²) < 4.78 is 2.72. The second kappa shape index (κ2) is 2.97. The van der Waals surface area contributed by atoms with E-state index >= 15 is 0 Å². The molecule has 2 fully saturated rings. The fourth-order valence-corrected chi connectivity index (χ4v) is 2.30. The van der Waals surface area contributed by atoms with Crippen LogP contribution in [0, 0.1) is 0 Å². The van der Waals surface area contributed by atoms with Crippen LogP contribution in [0.5, 0.6) is 0 Å². The van der Waals surface area contributed by atoms with Crippen molar-refractivity contribution in [2.45, 2.75) is 18.9 Å². The molecule has 2 heterocycles. The molecule has 0 aromatic carbocycles. The van der Waals surface area contributed by atoms with Crippen molar-refractivity contribution in [2.75, 3.05) is 12.3 Å². The van der Waals surface area contributed by atoms with Crippen molar-refractivity contribution in [2.24, 2.45) is 0 Å². The lowest BCUT2D eigenvalue weighted by Crippen LogP contribution is -2.55. The largest absolute Gasteiger partial charge is 0.338 e. The van der Waals surface area contributed by atoms with E-state index < -0.39 is 0 Å². The van der Waals surface area contributed by atoms with Gasteiger partial charge in [0.1, 0.15) is 0 Å². The van der Waals surface area contributed by atoms with Crippen LogP contribution in [-0.4, -0.2) is 35.1 Å². The van der Waals surface area contributed by atoms with Gasteiger partial charge in [0.15, 0.2) is 0 Å². The molecule has 2 saturated heterocycles. The number of hydrogen-bond donors (Lipinski definition) is 1. The fraction of sp³-hybridized carbons (Fsp3) is 0.714. The number of amides is 2. The average molecular weight is 186 g/mol. The summed E-state index contributed by atoms with van der Waals surface area (Å²) in [5, 5.41) is 0. The normalized spacial score (nSPS) is 29.7. The molecule has 2 aliphatic heterocycles. The molecule has 0 saturated carbocycles. The smallest absolute Gasteiger partial charge is 0.231 e. The molecule has 0 radical (unpaired) electrons. The summed E-state index contributed by atoms with van der Waals surface area (Å²) in [6.45, 7) is 0.593. The maximum Gasteiger partial charge on any atom is 0.231 e. The van der Waals surface area contributed by atoms with Crippen molar-refractivity contribution in [1.82, 2.24) is 9.62 Å². The Morgan fingerprint density at radius 1 is 1.50 bits per heavy atom. The van der Waals surface area contributed by atoms with Gasteiger partial charge in [-0.2, -0.15) is 0 Å². The molecule has 0 aromatic rings. The Labute approximate surface area is 74.8 Å². The minimum atomic E-state index is 0.0261. The Kier molecular flexibility index (Phi) is 1.96. The first-order valence-corrected chi connectivity index (χ1v) is 4.96. The van der Waals surface area contributed by atoms with Crippen LogP contribution in [0.25, 0.3) is 0 Å². The highest BCUT2D eigenvalue weighted by Gasteiger charge is 2.36. The van der Waals surface area contributed by atoms with E-state index in [1.54, 1.807) is 4.90 Å². The Balaban J connectivity index is 1.97. The summed E-state index contributed by atoms with van der Waals surface area (Å²) in [6, 6.07) is 0.364. The topological polar surface area (TPSA) is 49.4 Å². The van der Waals surface area contributed by atoms with Gasteiger partial charge in [-0.1, -0.05) is 0 Å². The fourth-order valence-electron chi connectivity index (χ4n) is 1.47. The van der Waals surface area contributed by atoms with Crippen LogP contribution in [-0.2, 0) is 9.59 Å². The minimum absolute atomic E-state index is 0.0261. The van der Waals surface area contributed by atoms with Crippen LogP contribution in [0.1, 0.15) is 12.8 Å². The van der Waals surface area contributed by atoms with Crippen LogP contribution < -0.4 is 4.72 Å². The molecular weight excluding hydrogens is 176 g/mol. The molecule has 0 bridgehead atoms. The Hall–Kier alpha value is -0.710. The first-order chi connectivity index (χ1) is 5.77. The SMILES string of the molecule is O=C1CCN2C(=O)CC2CSN1. The molecule has 2 rings (SSSR count). The zero-order chi connectivity index (χ0) is 8.55. The third-order valence-electron chi connectivity index (χ3n) is 2.21. The standard InChI is InChI=1S/C7H10N2O2S/c10-6-1-2-9-5(3-7(9)11)4-12-8-6/h5H,1-4H2,(H,8,10). The van der Waals surface area contributed by atoms with E-state index in [2.05, 4.69) is 4.72 Å². The molecule has 1 atom stereocenters. The first kappa shape index (κ1) is 7.91. The monoisotopic (exact) mass is 186 g/mol. The number of fused-ring (bicyclic) bond motifs is 1. The third-order valence-corrected chi connectivity index (χ3v) is 3.14. The van der Waals surface area contributed by atoms with E-state index in [4.69, 9.17) is 0 Å². The summed E-state index contributed by atoms with van der Waals surface area (Å²) in [4.78, 5) is 23.8. The van der Waals surface area contributed by atoms with Crippen molar-refractivity contribution >= 4 is 23.8 Å². The summed E-state index contributed by atoms with van der Waals surface area (Å²) in [7, 11) is 0. The summed E-state index contributed by atoms with van der Waals surface area (Å²) in [6.07, 6.45) is 1.10. The minimum Gasteiger partial charge on any atom is -0.338 e. The van der Waals surface area contributed by atoms with Crippen LogP contribution in [0.2, 0.25) is 0 Å². The van der Waals surface area contributed by atoms with Crippen molar-refractivity contribution in [3.8, 4) is 0 Å². The van der Waals surface area contributed by atoms with Gasteiger partial charge in [0, 0.05) is 25.1 Å². The van der Waals surface area contributed by atoms with Crippen molar-refractivity contribution in [1.29, 1.82) is 0 Å². The van der Waals surface area contributed by atoms with Crippen molar-refractivity contribution < 1.29 is 9.59 Å². The molecule has 0 aliphatic carbocycles. The summed E-state index contributed by atoms with van der Waals surface area (Å²) in [5.41, 5.74) is 0. The molecule has 12 heavy (non-hydrogen) atoms. The van der Waals surface area contributed by atoms with Gasteiger partial charge in [-0.15, -0.1) is 0 Å². The highest BCUT2D eigenvalue weighted by atomic mass is 32.2. The molecule has 66 valence electrons. The number of carbonyl (C=O) groups is 2. The van der Waals surface area contributed by atoms with Gasteiger partial charge in [-0.3, -0.25) is 9.59 Å². The molecule has 2 amide bonds. The molecule has 1 N–H and O–H groups in total. The molecule has 0 aromatic heterocycles. The molecule has 1 unspecified atom stereocenters. The molecular formula is C7H10N2O2S. The number of rotatable bonds is 0. The molecule has 5 heteroatoms. The van der Waals surface area contributed by atoms with Crippen LogP contribution in [0.4, 0.5) is 0 Å². The number of β-lactam (4-membered cyclic amide) rings is 1. The molecule has 4 nitrogen and oxygen atoms in total. The van der Waals surface area contributed by atoms with Gasteiger partial charge >= 0.3 is 0 Å². The summed E-state index contributed by atoms with van der Waals surface area (Å²) >= 11 is 1.41. The van der Waals surface area contributed by atoms with Crippen molar-refractivity contribution in [3.05, 3.63) is 0 Å². The zero-order valence-corrected chi connectivity index (χ0v) is 7.39. The molecule has 0 spiro atoms. The van der Waals surface area contributed by atoms with Crippen LogP contribution in [0.15, 0.2) is 0 Å². The lowest BCUT2D eigenvalue weighted by molar-refractivity contribution is -0.145. The lowest BCUT2D eigenvalue weighted by Gasteiger charge is -2.41. The number of hydrogen-bond acceptors (Lipinski definition) is 3. The second-order valence-electron chi connectivity index (χ2n) is 3.03. The summed E-state index contributed by atoms with van der Waals surface area (Å²) in [5.74, 6) is 1.05. The van der Waals surface area contributed by atoms with E-state index in [1.165, 1.54) is 11.9 Å².